The minimum Gasteiger partial charge on any atom is -0.480 e. The monoisotopic (exact) mass is 407 g/mol. The number of pyridine rings is 2. The number of hydrogen-bond donors (Lipinski definition) is 2. The fraction of sp³-hybridized carbons (Fsp3) is 0.273. The van der Waals surface area contributed by atoms with Gasteiger partial charge < -0.3 is 19.5 Å². The molecule has 2 N–H and O–H groups in total. The number of aliphatic hydroxyl groups excluding tert-OH is 1. The highest BCUT2D eigenvalue weighted by Crippen LogP contribution is 2.32. The normalized spacial score (nSPS) is 12.0. The van der Waals surface area contributed by atoms with Crippen LogP contribution >= 0.6 is 0 Å². The van der Waals surface area contributed by atoms with Gasteiger partial charge in [-0.05, 0) is 29.7 Å². The summed E-state index contributed by atoms with van der Waals surface area (Å²) in [7, 11) is 1.44. The predicted octanol–water partition coefficient (Wildman–Crippen LogP) is 2.83. The van der Waals surface area contributed by atoms with Gasteiger partial charge in [0, 0.05) is 11.8 Å². The fourth-order valence-corrected chi connectivity index (χ4v) is 3.40. The highest BCUT2D eigenvalue weighted by atomic mass is 16.5. The van der Waals surface area contributed by atoms with Crippen molar-refractivity contribution in [3.05, 3.63) is 57.9 Å². The van der Waals surface area contributed by atoms with Gasteiger partial charge in [0.05, 0.1) is 36.8 Å². The predicted molar refractivity (Wildman–Crippen MR) is 111 cm³/mol. The molecule has 2 heterocycles. The highest BCUT2D eigenvalue weighted by molar-refractivity contribution is 5.93. The van der Waals surface area contributed by atoms with Gasteiger partial charge in [-0.2, -0.15) is 10.2 Å². The highest BCUT2D eigenvalue weighted by Gasteiger charge is 2.24. The smallest absolute Gasteiger partial charge is 0.341 e. The van der Waals surface area contributed by atoms with Gasteiger partial charge in [0.25, 0.3) is 0 Å². The van der Waals surface area contributed by atoms with Crippen molar-refractivity contribution in [2.24, 2.45) is 5.92 Å². The number of aromatic nitrogens is 2. The number of fused-ring (bicyclic) bond motifs is 1. The van der Waals surface area contributed by atoms with E-state index in [-0.39, 0.29) is 29.4 Å². The lowest BCUT2D eigenvalue weighted by Crippen LogP contribution is -2.26. The Bertz CT molecular complexity index is 1220. The zero-order chi connectivity index (χ0) is 22.0. The number of benzene rings is 1. The summed E-state index contributed by atoms with van der Waals surface area (Å²) in [6.07, 6.45) is 1.22. The van der Waals surface area contributed by atoms with Crippen LogP contribution in [0.4, 0.5) is 0 Å². The second-order valence-electron chi connectivity index (χ2n) is 7.19. The number of aromatic carboxylic acids is 1. The van der Waals surface area contributed by atoms with Crippen LogP contribution < -0.4 is 10.2 Å². The van der Waals surface area contributed by atoms with E-state index in [2.05, 4.69) is 11.1 Å². The molecule has 0 fully saturated rings. The summed E-state index contributed by atoms with van der Waals surface area (Å²) in [6, 6.07) is 9.82. The van der Waals surface area contributed by atoms with Crippen LogP contribution in [0.25, 0.3) is 22.2 Å². The topological polar surface area (TPSA) is 125 Å². The van der Waals surface area contributed by atoms with Crippen molar-refractivity contribution in [2.45, 2.75) is 19.9 Å². The average Bonchev–Trinajstić information content (AvgIpc) is 2.74. The third kappa shape index (κ3) is 3.63. The first-order valence-corrected chi connectivity index (χ1v) is 9.30. The molecule has 1 aromatic carbocycles. The molecule has 0 saturated carbocycles. The molecule has 0 radical (unpaired) electrons. The van der Waals surface area contributed by atoms with Crippen LogP contribution in [0.3, 0.4) is 0 Å². The second-order valence-corrected chi connectivity index (χ2v) is 7.19. The van der Waals surface area contributed by atoms with Crippen LogP contribution in [0.15, 0.2) is 41.3 Å². The molecule has 3 aromatic rings. The number of nitrogens with zero attached hydrogens (tertiary/aromatic N) is 3. The molecule has 0 spiro atoms. The third-order valence-electron chi connectivity index (χ3n) is 5.01. The Balaban J connectivity index is 2.44. The molecule has 1 atom stereocenters. The molecular formula is C22H21N3O5. The van der Waals surface area contributed by atoms with Gasteiger partial charge in [0.15, 0.2) is 0 Å². The van der Waals surface area contributed by atoms with Crippen molar-refractivity contribution in [3.63, 3.8) is 0 Å². The van der Waals surface area contributed by atoms with Crippen molar-refractivity contribution in [2.75, 3.05) is 13.7 Å². The molecular weight excluding hydrogens is 386 g/mol. The van der Waals surface area contributed by atoms with Crippen LogP contribution in [-0.4, -0.2) is 39.5 Å². The first-order valence-electron chi connectivity index (χ1n) is 9.30. The SMILES string of the molecule is COc1nc2c(cc1-c1cccc(C#N)c1)c(=O)c(C(=O)O)cn2[C@H](CO)C(C)C. The molecule has 30 heavy (non-hydrogen) atoms. The Morgan fingerprint density at radius 2 is 2.07 bits per heavy atom. The lowest BCUT2D eigenvalue weighted by molar-refractivity contribution is 0.0694. The van der Waals surface area contributed by atoms with Crippen LogP contribution in [0.2, 0.25) is 0 Å². The number of carboxylic acids is 1. The standard InChI is InChI=1S/C22H21N3O5/c1-12(2)18(11-26)25-10-17(22(28)29)19(27)16-8-15(21(30-3)24-20(16)25)14-6-4-5-13(7-14)9-23/h4-8,10,12,18,26H,11H2,1-3H3,(H,28,29)/t18-/m1/s1. The summed E-state index contributed by atoms with van der Waals surface area (Å²) in [5.41, 5.74) is 0.613. The third-order valence-corrected chi connectivity index (χ3v) is 5.01. The lowest BCUT2D eigenvalue weighted by Gasteiger charge is -2.24. The Labute approximate surface area is 172 Å². The molecule has 154 valence electrons. The Kier molecular flexibility index (Phi) is 5.85. The van der Waals surface area contributed by atoms with E-state index in [9.17, 15) is 25.1 Å². The number of ether oxygens (including phenoxy) is 1. The first kappa shape index (κ1) is 21.0. The van der Waals surface area contributed by atoms with E-state index >= 15 is 0 Å². The summed E-state index contributed by atoms with van der Waals surface area (Å²) >= 11 is 0. The summed E-state index contributed by atoms with van der Waals surface area (Å²) in [4.78, 5) is 29.1. The Morgan fingerprint density at radius 3 is 2.63 bits per heavy atom. The van der Waals surface area contributed by atoms with E-state index in [0.717, 1.165) is 0 Å². The number of nitriles is 1. The van der Waals surface area contributed by atoms with Crippen molar-refractivity contribution in [1.29, 1.82) is 5.26 Å². The molecule has 0 bridgehead atoms. The van der Waals surface area contributed by atoms with Gasteiger partial charge >= 0.3 is 5.97 Å². The van der Waals surface area contributed by atoms with Gasteiger partial charge in [0.2, 0.25) is 11.3 Å². The van der Waals surface area contributed by atoms with E-state index in [4.69, 9.17) is 4.74 Å². The second kappa shape index (κ2) is 8.35. The quantitative estimate of drug-likeness (QED) is 0.643. The number of carbonyl (C=O) groups is 1. The molecule has 0 unspecified atom stereocenters. The van der Waals surface area contributed by atoms with Gasteiger partial charge in [-0.15, -0.1) is 0 Å². The largest absolute Gasteiger partial charge is 0.480 e. The minimum atomic E-state index is -1.36. The average molecular weight is 407 g/mol. The Morgan fingerprint density at radius 1 is 1.33 bits per heavy atom. The molecule has 0 aliphatic heterocycles. The van der Waals surface area contributed by atoms with Crippen LogP contribution in [0.5, 0.6) is 5.88 Å². The number of rotatable bonds is 6. The number of carboxylic acid groups (broad SMARTS) is 1. The van der Waals surface area contributed by atoms with E-state index in [0.29, 0.717) is 16.7 Å². The molecule has 0 saturated heterocycles. The summed E-state index contributed by atoms with van der Waals surface area (Å²) in [6.45, 7) is 3.50. The van der Waals surface area contributed by atoms with E-state index in [1.54, 1.807) is 24.3 Å². The molecule has 8 heteroatoms. The van der Waals surface area contributed by atoms with Gasteiger partial charge in [-0.25, -0.2) is 4.79 Å². The van der Waals surface area contributed by atoms with Gasteiger partial charge in [-0.1, -0.05) is 26.0 Å². The maximum Gasteiger partial charge on any atom is 0.341 e. The van der Waals surface area contributed by atoms with Gasteiger partial charge in [-0.3, -0.25) is 4.79 Å². The van der Waals surface area contributed by atoms with Crippen LogP contribution in [0.1, 0.15) is 35.8 Å². The van der Waals surface area contributed by atoms with E-state index < -0.39 is 23.0 Å². The van der Waals surface area contributed by atoms with Crippen molar-refractivity contribution < 1.29 is 19.7 Å². The van der Waals surface area contributed by atoms with Crippen LogP contribution in [-0.2, 0) is 0 Å². The van der Waals surface area contributed by atoms with E-state index in [1.807, 2.05) is 13.8 Å². The zero-order valence-electron chi connectivity index (χ0n) is 16.8. The Hall–Kier alpha value is -3.70. The molecule has 0 aliphatic carbocycles. The number of hydrogen-bond acceptors (Lipinski definition) is 6. The molecule has 2 aromatic heterocycles. The van der Waals surface area contributed by atoms with Crippen molar-refractivity contribution in [3.8, 4) is 23.1 Å². The first-order chi connectivity index (χ1) is 14.3. The van der Waals surface area contributed by atoms with Crippen molar-refractivity contribution >= 4 is 17.0 Å². The maximum atomic E-state index is 12.9. The molecule has 0 aliphatic rings. The maximum absolute atomic E-state index is 12.9. The minimum absolute atomic E-state index is 0.0536. The zero-order valence-corrected chi connectivity index (χ0v) is 16.8. The number of aliphatic hydroxyl groups is 1. The summed E-state index contributed by atoms with van der Waals surface area (Å²) < 4.78 is 6.96. The molecule has 8 nitrogen and oxygen atoms in total. The molecule has 0 amide bonds. The summed E-state index contributed by atoms with van der Waals surface area (Å²) in [5, 5.41) is 28.7. The van der Waals surface area contributed by atoms with E-state index in [1.165, 1.54) is 23.9 Å². The van der Waals surface area contributed by atoms with Gasteiger partial charge in [0.1, 0.15) is 11.2 Å². The lowest BCUT2D eigenvalue weighted by atomic mass is 10.0. The number of methoxy groups -OCH3 is 1. The molecule has 3 rings (SSSR count). The van der Waals surface area contributed by atoms with Crippen molar-refractivity contribution in [1.82, 2.24) is 9.55 Å². The fourth-order valence-electron chi connectivity index (χ4n) is 3.40. The summed E-state index contributed by atoms with van der Waals surface area (Å²) in [5.74, 6) is -1.20. The van der Waals surface area contributed by atoms with Crippen LogP contribution in [0, 0.1) is 17.2 Å².